The lowest BCUT2D eigenvalue weighted by atomic mass is 10.1. The number of aliphatic carboxylic acids is 1. The van der Waals surface area contributed by atoms with Gasteiger partial charge in [-0.05, 0) is 18.9 Å². The number of rotatable bonds is 4. The first kappa shape index (κ1) is 14.8. The van der Waals surface area contributed by atoms with Crippen LogP contribution < -0.4 is 11.1 Å². The Morgan fingerprint density at radius 3 is 2.57 bits per heavy atom. The van der Waals surface area contributed by atoms with Crippen molar-refractivity contribution in [2.45, 2.75) is 19.8 Å². The summed E-state index contributed by atoms with van der Waals surface area (Å²) in [5, 5.41) is 11.3. The van der Waals surface area contributed by atoms with Crippen LogP contribution >= 0.6 is 0 Å². The summed E-state index contributed by atoms with van der Waals surface area (Å²) in [6, 6.07) is 9.04. The molecule has 2 heterocycles. The van der Waals surface area contributed by atoms with E-state index in [0.29, 0.717) is 28.0 Å². The van der Waals surface area contributed by atoms with Crippen LogP contribution in [0.3, 0.4) is 0 Å². The molecule has 3 rings (SSSR count). The Morgan fingerprint density at radius 2 is 1.91 bits per heavy atom. The molecule has 0 bridgehead atoms. The largest absolute Gasteiger partial charge is 0.481 e. The van der Waals surface area contributed by atoms with Crippen molar-refractivity contribution in [3.63, 3.8) is 0 Å². The lowest BCUT2D eigenvalue weighted by Gasteiger charge is -2.06. The fraction of sp³-hybridized carbons (Fsp3) is 0.188. The van der Waals surface area contributed by atoms with Crippen LogP contribution in [-0.2, 0) is 11.2 Å². The Bertz CT molecular complexity index is 996. The molecule has 0 atom stereocenters. The van der Waals surface area contributed by atoms with Crippen LogP contribution in [0.25, 0.3) is 16.8 Å². The third-order valence-electron chi connectivity index (χ3n) is 3.77. The zero-order valence-corrected chi connectivity index (χ0v) is 12.4. The normalized spacial score (nSPS) is 11.0. The Labute approximate surface area is 130 Å². The molecule has 0 saturated heterocycles. The molecule has 1 aromatic carbocycles. The van der Waals surface area contributed by atoms with Crippen LogP contribution in [0.5, 0.6) is 0 Å². The Hall–Kier alpha value is -3.09. The molecule has 7 nitrogen and oxygen atoms in total. The second-order valence-electron chi connectivity index (χ2n) is 5.29. The molecule has 0 radical (unpaired) electrons. The van der Waals surface area contributed by atoms with E-state index in [1.165, 1.54) is 0 Å². The van der Waals surface area contributed by atoms with Gasteiger partial charge < -0.3 is 10.1 Å². The van der Waals surface area contributed by atoms with Crippen LogP contribution in [0.4, 0.5) is 0 Å². The smallest absolute Gasteiger partial charge is 0.303 e. The van der Waals surface area contributed by atoms with Crippen LogP contribution in [0, 0.1) is 6.92 Å². The number of fused-ring (bicyclic) bond motifs is 1. The van der Waals surface area contributed by atoms with Crippen LogP contribution in [0.1, 0.15) is 17.7 Å². The lowest BCUT2D eigenvalue weighted by Crippen LogP contribution is -2.23. The number of carboxylic acid groups (broad SMARTS) is 1. The second-order valence-corrected chi connectivity index (χ2v) is 5.29. The third kappa shape index (κ3) is 2.57. The predicted molar refractivity (Wildman–Crippen MR) is 84.8 cm³/mol. The molecule has 0 unspecified atom stereocenters. The molecule has 3 aromatic rings. The maximum absolute atomic E-state index is 12.5. The molecule has 3 N–H and O–H groups in total. The monoisotopic (exact) mass is 313 g/mol. The first-order valence-corrected chi connectivity index (χ1v) is 7.12. The molecular formula is C16H15N3O4. The molecular weight excluding hydrogens is 298 g/mol. The topological polar surface area (TPSA) is 107 Å². The molecule has 2 aromatic heterocycles. The number of carbonyl (C=O) groups is 1. The van der Waals surface area contributed by atoms with Crippen LogP contribution in [-0.4, -0.2) is 25.7 Å². The van der Waals surface area contributed by atoms with Gasteiger partial charge >= 0.3 is 5.97 Å². The van der Waals surface area contributed by atoms with Gasteiger partial charge in [-0.25, -0.2) is 0 Å². The fourth-order valence-corrected chi connectivity index (χ4v) is 2.65. The van der Waals surface area contributed by atoms with E-state index >= 15 is 0 Å². The number of aromatic amines is 2. The van der Waals surface area contributed by atoms with Gasteiger partial charge in [0.1, 0.15) is 5.65 Å². The van der Waals surface area contributed by atoms with E-state index in [-0.39, 0.29) is 18.4 Å². The standard InChI is InChI=1S/C16H15N3O4/c1-9-11(7-8-12(20)21)16(23)19-14(17-9)13(15(22)18-19)10-5-3-2-4-6-10/h2-6,17H,7-8H2,1H3,(H,18,22)(H,20,21). The molecule has 7 heteroatoms. The number of aryl methyl sites for hydroxylation is 1. The van der Waals surface area contributed by atoms with Gasteiger partial charge in [0, 0.05) is 17.7 Å². The van der Waals surface area contributed by atoms with Gasteiger partial charge in [-0.15, -0.1) is 0 Å². The van der Waals surface area contributed by atoms with E-state index < -0.39 is 11.5 Å². The average Bonchev–Trinajstić information content (AvgIpc) is 2.84. The van der Waals surface area contributed by atoms with E-state index in [9.17, 15) is 14.4 Å². The first-order chi connectivity index (χ1) is 11.0. The molecule has 0 fully saturated rings. The average molecular weight is 313 g/mol. The van der Waals surface area contributed by atoms with Gasteiger partial charge in [-0.1, -0.05) is 30.3 Å². The fourth-order valence-electron chi connectivity index (χ4n) is 2.65. The third-order valence-corrected chi connectivity index (χ3v) is 3.77. The number of aromatic nitrogens is 3. The van der Waals surface area contributed by atoms with E-state index in [2.05, 4.69) is 10.1 Å². The Morgan fingerprint density at radius 1 is 1.22 bits per heavy atom. The number of hydrogen-bond acceptors (Lipinski definition) is 3. The van der Waals surface area contributed by atoms with Crippen LogP contribution in [0.2, 0.25) is 0 Å². The summed E-state index contributed by atoms with van der Waals surface area (Å²) in [6.07, 6.45) is -0.0419. The van der Waals surface area contributed by atoms with Gasteiger partial charge in [-0.3, -0.25) is 19.5 Å². The Balaban J connectivity index is 2.24. The predicted octanol–water partition coefficient (Wildman–Crippen LogP) is 1.31. The highest BCUT2D eigenvalue weighted by Crippen LogP contribution is 2.19. The van der Waals surface area contributed by atoms with Crippen molar-refractivity contribution < 1.29 is 9.90 Å². The summed E-state index contributed by atoms with van der Waals surface area (Å²) in [6.45, 7) is 1.70. The SMILES string of the molecule is Cc1[nH]c2c(-c3ccccc3)c(=O)[nH]n2c(=O)c1CCC(=O)O. The number of nitrogens with zero attached hydrogens (tertiary/aromatic N) is 1. The highest BCUT2D eigenvalue weighted by molar-refractivity contribution is 5.76. The van der Waals surface area contributed by atoms with Crippen LogP contribution in [0.15, 0.2) is 39.9 Å². The zero-order chi connectivity index (χ0) is 16.6. The molecule has 0 aliphatic heterocycles. The maximum Gasteiger partial charge on any atom is 0.303 e. The van der Waals surface area contributed by atoms with Crippen molar-refractivity contribution in [3.05, 3.63) is 62.3 Å². The summed E-state index contributed by atoms with van der Waals surface area (Å²) >= 11 is 0. The molecule has 0 aliphatic carbocycles. The molecule has 0 amide bonds. The van der Waals surface area contributed by atoms with Gasteiger partial charge in [0.2, 0.25) is 0 Å². The highest BCUT2D eigenvalue weighted by atomic mass is 16.4. The summed E-state index contributed by atoms with van der Waals surface area (Å²) in [4.78, 5) is 38.6. The minimum absolute atomic E-state index is 0.104. The van der Waals surface area contributed by atoms with Crippen molar-refractivity contribution in [2.24, 2.45) is 0 Å². The number of benzene rings is 1. The van der Waals surface area contributed by atoms with Crippen molar-refractivity contribution in [2.75, 3.05) is 0 Å². The Kier molecular flexibility index (Phi) is 3.61. The minimum atomic E-state index is -0.977. The molecule has 0 aliphatic rings. The van der Waals surface area contributed by atoms with E-state index in [1.807, 2.05) is 18.2 Å². The number of nitrogens with one attached hydrogen (secondary N) is 2. The quantitative estimate of drug-likeness (QED) is 0.675. The van der Waals surface area contributed by atoms with E-state index in [4.69, 9.17) is 5.11 Å². The summed E-state index contributed by atoms with van der Waals surface area (Å²) in [5.41, 5.74) is 1.59. The lowest BCUT2D eigenvalue weighted by molar-refractivity contribution is -0.136. The molecule has 23 heavy (non-hydrogen) atoms. The number of H-pyrrole nitrogens is 2. The summed E-state index contributed by atoms with van der Waals surface area (Å²) < 4.78 is 1.15. The van der Waals surface area contributed by atoms with Crippen molar-refractivity contribution in [1.82, 2.24) is 14.6 Å². The molecule has 0 spiro atoms. The van der Waals surface area contributed by atoms with E-state index in [0.717, 1.165) is 4.52 Å². The van der Waals surface area contributed by atoms with Crippen molar-refractivity contribution in [1.29, 1.82) is 0 Å². The second kappa shape index (κ2) is 5.60. The maximum atomic E-state index is 12.5. The van der Waals surface area contributed by atoms with Gasteiger partial charge in [0.25, 0.3) is 11.1 Å². The number of hydrogen-bond donors (Lipinski definition) is 3. The van der Waals surface area contributed by atoms with Gasteiger partial charge in [0.15, 0.2) is 0 Å². The first-order valence-electron chi connectivity index (χ1n) is 7.12. The molecule has 118 valence electrons. The van der Waals surface area contributed by atoms with Gasteiger partial charge in [0.05, 0.1) is 5.56 Å². The highest BCUT2D eigenvalue weighted by Gasteiger charge is 2.17. The molecule has 0 saturated carbocycles. The van der Waals surface area contributed by atoms with E-state index in [1.54, 1.807) is 19.1 Å². The van der Waals surface area contributed by atoms with Crippen molar-refractivity contribution >= 4 is 11.6 Å². The minimum Gasteiger partial charge on any atom is -0.481 e. The summed E-state index contributed by atoms with van der Waals surface area (Å²) in [5.74, 6) is -0.977. The zero-order valence-electron chi connectivity index (χ0n) is 12.4. The summed E-state index contributed by atoms with van der Waals surface area (Å²) in [7, 11) is 0. The van der Waals surface area contributed by atoms with Gasteiger partial charge in [-0.2, -0.15) is 4.52 Å². The number of carboxylic acids is 1. The van der Waals surface area contributed by atoms with Crippen molar-refractivity contribution in [3.8, 4) is 11.1 Å².